The summed E-state index contributed by atoms with van der Waals surface area (Å²) in [7, 11) is 0. The summed E-state index contributed by atoms with van der Waals surface area (Å²) in [5, 5.41) is 6.51. The van der Waals surface area contributed by atoms with Crippen LogP contribution in [-0.2, 0) is 6.42 Å². The molecule has 3 nitrogen and oxygen atoms in total. The van der Waals surface area contributed by atoms with Gasteiger partial charge in [0.05, 0.1) is 0 Å². The van der Waals surface area contributed by atoms with Gasteiger partial charge in [-0.3, -0.25) is 5.10 Å². The topological polar surface area (TPSA) is 41.6 Å². The van der Waals surface area contributed by atoms with E-state index in [4.69, 9.17) is 11.6 Å². The molecule has 14 heavy (non-hydrogen) atoms. The van der Waals surface area contributed by atoms with Crippen molar-refractivity contribution in [2.24, 2.45) is 0 Å². The lowest BCUT2D eigenvalue weighted by Crippen LogP contribution is -1.91. The van der Waals surface area contributed by atoms with Crippen LogP contribution in [-0.4, -0.2) is 15.2 Å². The Labute approximate surface area is 84.9 Å². The number of nitrogens with one attached hydrogen (secondary N) is 1. The fourth-order valence-electron chi connectivity index (χ4n) is 1.19. The van der Waals surface area contributed by atoms with E-state index in [0.717, 1.165) is 5.56 Å². The van der Waals surface area contributed by atoms with Crippen molar-refractivity contribution in [1.82, 2.24) is 15.2 Å². The monoisotopic (exact) mass is 211 g/mol. The van der Waals surface area contributed by atoms with E-state index in [9.17, 15) is 4.39 Å². The third-order valence-corrected chi connectivity index (χ3v) is 1.93. The van der Waals surface area contributed by atoms with Gasteiger partial charge in [0, 0.05) is 6.42 Å². The Bertz CT molecular complexity index is 441. The molecule has 0 aliphatic rings. The molecule has 0 spiro atoms. The Morgan fingerprint density at radius 1 is 1.43 bits per heavy atom. The van der Waals surface area contributed by atoms with Crippen LogP contribution in [0.2, 0.25) is 5.28 Å². The molecule has 0 bridgehead atoms. The van der Waals surface area contributed by atoms with Crippen LogP contribution in [0.3, 0.4) is 0 Å². The zero-order valence-corrected chi connectivity index (χ0v) is 7.92. The lowest BCUT2D eigenvalue weighted by Gasteiger charge is -1.96. The molecule has 0 fully saturated rings. The van der Waals surface area contributed by atoms with Crippen molar-refractivity contribution in [2.75, 3.05) is 0 Å². The fraction of sp³-hybridized carbons (Fsp3) is 0.111. The van der Waals surface area contributed by atoms with Crippen LogP contribution in [0, 0.1) is 5.82 Å². The van der Waals surface area contributed by atoms with E-state index in [0.29, 0.717) is 12.2 Å². The van der Waals surface area contributed by atoms with Gasteiger partial charge in [-0.05, 0) is 29.3 Å². The van der Waals surface area contributed by atoms with Crippen molar-refractivity contribution < 1.29 is 4.39 Å². The third-order valence-electron chi connectivity index (χ3n) is 1.77. The molecule has 1 N–H and O–H groups in total. The van der Waals surface area contributed by atoms with E-state index in [1.165, 1.54) is 12.1 Å². The molecular weight excluding hydrogens is 205 g/mol. The minimum absolute atomic E-state index is 0.177. The predicted octanol–water partition coefficient (Wildman–Crippen LogP) is 2.19. The molecule has 72 valence electrons. The highest BCUT2D eigenvalue weighted by molar-refractivity contribution is 6.28. The first-order valence-corrected chi connectivity index (χ1v) is 4.43. The second-order valence-electron chi connectivity index (χ2n) is 2.86. The van der Waals surface area contributed by atoms with E-state index >= 15 is 0 Å². The Kier molecular flexibility index (Phi) is 2.45. The van der Waals surface area contributed by atoms with E-state index < -0.39 is 0 Å². The van der Waals surface area contributed by atoms with Crippen LogP contribution in [0.5, 0.6) is 0 Å². The van der Waals surface area contributed by atoms with Gasteiger partial charge in [0.2, 0.25) is 5.28 Å². The quantitative estimate of drug-likeness (QED) is 0.828. The van der Waals surface area contributed by atoms with Gasteiger partial charge in [0.1, 0.15) is 11.6 Å². The number of nitrogens with zero attached hydrogens (tertiary/aromatic N) is 2. The van der Waals surface area contributed by atoms with E-state index in [1.807, 2.05) is 6.07 Å². The number of aromatic amines is 1. The van der Waals surface area contributed by atoms with Crippen molar-refractivity contribution in [3.63, 3.8) is 0 Å². The summed E-state index contributed by atoms with van der Waals surface area (Å²) in [6.45, 7) is 0. The average Bonchev–Trinajstić information content (AvgIpc) is 2.51. The van der Waals surface area contributed by atoms with Gasteiger partial charge in [-0.15, -0.1) is 5.10 Å². The van der Waals surface area contributed by atoms with Crippen molar-refractivity contribution >= 4 is 11.6 Å². The summed E-state index contributed by atoms with van der Waals surface area (Å²) in [4.78, 5) is 3.91. The van der Waals surface area contributed by atoms with Gasteiger partial charge in [-0.25, -0.2) is 9.37 Å². The summed E-state index contributed by atoms with van der Waals surface area (Å²) in [5.41, 5.74) is 0.831. The number of halogens is 2. The molecule has 1 aromatic carbocycles. The van der Waals surface area contributed by atoms with Gasteiger partial charge in [0.15, 0.2) is 0 Å². The highest BCUT2D eigenvalue weighted by Gasteiger charge is 2.02. The smallest absolute Gasteiger partial charge is 0.242 e. The van der Waals surface area contributed by atoms with Crippen LogP contribution in [0.1, 0.15) is 11.4 Å². The number of rotatable bonds is 2. The van der Waals surface area contributed by atoms with Crippen LogP contribution in [0.25, 0.3) is 0 Å². The lowest BCUT2D eigenvalue weighted by molar-refractivity contribution is 0.626. The second-order valence-corrected chi connectivity index (χ2v) is 3.20. The fourth-order valence-corrected chi connectivity index (χ4v) is 1.34. The Balaban J connectivity index is 2.18. The number of hydrogen-bond donors (Lipinski definition) is 1. The largest absolute Gasteiger partial charge is 0.261 e. The molecule has 0 radical (unpaired) electrons. The highest BCUT2D eigenvalue weighted by Crippen LogP contribution is 2.08. The summed E-state index contributed by atoms with van der Waals surface area (Å²) in [5.74, 6) is 0.369. The predicted molar refractivity (Wildman–Crippen MR) is 50.6 cm³/mol. The van der Waals surface area contributed by atoms with Crippen LogP contribution >= 0.6 is 11.6 Å². The van der Waals surface area contributed by atoms with Gasteiger partial charge >= 0.3 is 0 Å². The van der Waals surface area contributed by atoms with Crippen molar-refractivity contribution in [1.29, 1.82) is 0 Å². The molecule has 2 rings (SSSR count). The molecule has 0 saturated heterocycles. The zero-order valence-electron chi connectivity index (χ0n) is 7.17. The average molecular weight is 212 g/mol. The summed E-state index contributed by atoms with van der Waals surface area (Å²) in [6.07, 6.45) is 0.498. The minimum Gasteiger partial charge on any atom is -0.261 e. The SMILES string of the molecule is Fc1cccc(Cc2nc(Cl)n[nH]2)c1. The van der Waals surface area contributed by atoms with E-state index in [2.05, 4.69) is 15.2 Å². The Morgan fingerprint density at radius 2 is 2.29 bits per heavy atom. The molecule has 1 heterocycles. The van der Waals surface area contributed by atoms with E-state index in [1.54, 1.807) is 6.07 Å². The Hall–Kier alpha value is -1.42. The van der Waals surface area contributed by atoms with Crippen molar-refractivity contribution in [2.45, 2.75) is 6.42 Å². The van der Waals surface area contributed by atoms with Crippen LogP contribution < -0.4 is 0 Å². The van der Waals surface area contributed by atoms with Crippen LogP contribution in [0.4, 0.5) is 4.39 Å². The molecule has 0 saturated carbocycles. The summed E-state index contributed by atoms with van der Waals surface area (Å²) < 4.78 is 12.8. The third kappa shape index (κ3) is 2.09. The maximum Gasteiger partial charge on any atom is 0.242 e. The van der Waals surface area contributed by atoms with Gasteiger partial charge in [0.25, 0.3) is 0 Å². The molecule has 0 atom stereocenters. The zero-order chi connectivity index (χ0) is 9.97. The summed E-state index contributed by atoms with van der Waals surface area (Å²) in [6, 6.07) is 6.33. The van der Waals surface area contributed by atoms with Crippen LogP contribution in [0.15, 0.2) is 24.3 Å². The van der Waals surface area contributed by atoms with Crippen molar-refractivity contribution in [3.05, 3.63) is 46.8 Å². The molecule has 0 unspecified atom stereocenters. The van der Waals surface area contributed by atoms with Gasteiger partial charge in [-0.1, -0.05) is 12.1 Å². The number of hydrogen-bond acceptors (Lipinski definition) is 2. The molecule has 0 aliphatic heterocycles. The molecule has 0 amide bonds. The maximum atomic E-state index is 12.8. The molecule has 0 aliphatic carbocycles. The molecule has 2 aromatic rings. The number of benzene rings is 1. The standard InChI is InChI=1S/C9H7ClFN3/c10-9-12-8(13-14-9)5-6-2-1-3-7(11)4-6/h1-4H,5H2,(H,12,13,14). The molecule has 1 aromatic heterocycles. The first-order chi connectivity index (χ1) is 6.74. The Morgan fingerprint density at radius 3 is 2.93 bits per heavy atom. The van der Waals surface area contributed by atoms with Crippen molar-refractivity contribution in [3.8, 4) is 0 Å². The summed E-state index contributed by atoms with van der Waals surface area (Å²) >= 11 is 5.53. The first-order valence-electron chi connectivity index (χ1n) is 4.05. The van der Waals surface area contributed by atoms with Gasteiger partial charge < -0.3 is 0 Å². The lowest BCUT2D eigenvalue weighted by atomic mass is 10.1. The molecular formula is C9H7ClFN3. The van der Waals surface area contributed by atoms with E-state index in [-0.39, 0.29) is 11.1 Å². The second kappa shape index (κ2) is 3.75. The highest BCUT2D eigenvalue weighted by atomic mass is 35.5. The normalized spacial score (nSPS) is 10.4. The maximum absolute atomic E-state index is 12.8. The number of aromatic nitrogens is 3. The number of H-pyrrole nitrogens is 1. The van der Waals surface area contributed by atoms with Gasteiger partial charge in [-0.2, -0.15) is 0 Å². The first kappa shape index (κ1) is 9.15. The minimum atomic E-state index is -0.256. The molecule has 5 heteroatoms.